The van der Waals surface area contributed by atoms with Crippen molar-refractivity contribution in [3.8, 4) is 0 Å². The molecule has 3 nitrogen and oxygen atoms in total. The third kappa shape index (κ3) is 3.53. The molecular formula is C14H25N3S. The fraction of sp³-hybridized carbons (Fsp3) is 0.786. The van der Waals surface area contributed by atoms with E-state index in [4.69, 9.17) is 0 Å². The van der Waals surface area contributed by atoms with Crippen molar-refractivity contribution in [2.75, 3.05) is 19.6 Å². The SMILES string of the molecule is Cc1nc(CCN2CC(C)NCC2C(C)C)cs1. The smallest absolute Gasteiger partial charge is 0.0897 e. The van der Waals surface area contributed by atoms with Gasteiger partial charge in [-0.3, -0.25) is 4.90 Å². The normalized spacial score (nSPS) is 25.8. The zero-order chi connectivity index (χ0) is 13.1. The molecule has 2 rings (SSSR count). The van der Waals surface area contributed by atoms with Crippen molar-refractivity contribution in [1.29, 1.82) is 0 Å². The molecule has 0 aliphatic carbocycles. The van der Waals surface area contributed by atoms with Gasteiger partial charge < -0.3 is 5.32 Å². The van der Waals surface area contributed by atoms with Crippen LogP contribution in [0.5, 0.6) is 0 Å². The number of rotatable bonds is 4. The Morgan fingerprint density at radius 2 is 2.33 bits per heavy atom. The Labute approximate surface area is 115 Å². The maximum absolute atomic E-state index is 4.56. The van der Waals surface area contributed by atoms with E-state index in [9.17, 15) is 0 Å². The second-order valence-electron chi connectivity index (χ2n) is 5.72. The molecule has 0 spiro atoms. The van der Waals surface area contributed by atoms with Crippen LogP contribution in [0.25, 0.3) is 0 Å². The summed E-state index contributed by atoms with van der Waals surface area (Å²) in [6, 6.07) is 1.28. The summed E-state index contributed by atoms with van der Waals surface area (Å²) in [4.78, 5) is 7.20. The van der Waals surface area contributed by atoms with Crippen LogP contribution >= 0.6 is 11.3 Å². The minimum absolute atomic E-state index is 0.608. The molecule has 1 aliphatic heterocycles. The average Bonchev–Trinajstić information content (AvgIpc) is 2.72. The Morgan fingerprint density at radius 3 is 2.94 bits per heavy atom. The number of hydrogen-bond acceptors (Lipinski definition) is 4. The predicted molar refractivity (Wildman–Crippen MR) is 78.2 cm³/mol. The molecule has 1 saturated heterocycles. The maximum atomic E-state index is 4.56. The van der Waals surface area contributed by atoms with Gasteiger partial charge in [-0.25, -0.2) is 4.98 Å². The topological polar surface area (TPSA) is 28.2 Å². The number of aromatic nitrogens is 1. The van der Waals surface area contributed by atoms with Crippen molar-refractivity contribution in [2.45, 2.75) is 46.2 Å². The monoisotopic (exact) mass is 267 g/mol. The highest BCUT2D eigenvalue weighted by Crippen LogP contribution is 2.16. The van der Waals surface area contributed by atoms with Gasteiger partial charge in [-0.2, -0.15) is 0 Å². The van der Waals surface area contributed by atoms with E-state index in [0.717, 1.165) is 26.1 Å². The molecule has 2 heterocycles. The molecule has 18 heavy (non-hydrogen) atoms. The summed E-state index contributed by atoms with van der Waals surface area (Å²) in [5.41, 5.74) is 1.26. The Bertz CT molecular complexity index is 375. The van der Waals surface area contributed by atoms with Gasteiger partial charge in [0.1, 0.15) is 0 Å². The summed E-state index contributed by atoms with van der Waals surface area (Å²) in [5.74, 6) is 0.710. The number of nitrogens with one attached hydrogen (secondary N) is 1. The van der Waals surface area contributed by atoms with Crippen LogP contribution in [-0.4, -0.2) is 41.6 Å². The fourth-order valence-corrected chi connectivity index (χ4v) is 3.35. The fourth-order valence-electron chi connectivity index (χ4n) is 2.70. The van der Waals surface area contributed by atoms with Crippen LogP contribution in [0.3, 0.4) is 0 Å². The molecule has 1 aromatic rings. The predicted octanol–water partition coefficient (Wildman–Crippen LogP) is 2.31. The first-order valence-corrected chi connectivity index (χ1v) is 7.82. The maximum Gasteiger partial charge on any atom is 0.0897 e. The number of thiazole rings is 1. The van der Waals surface area contributed by atoms with Crippen molar-refractivity contribution in [2.24, 2.45) is 5.92 Å². The van der Waals surface area contributed by atoms with Gasteiger partial charge in [-0.15, -0.1) is 11.3 Å². The molecule has 0 radical (unpaired) electrons. The molecule has 1 fully saturated rings. The van der Waals surface area contributed by atoms with E-state index in [1.54, 1.807) is 11.3 Å². The molecule has 1 N–H and O–H groups in total. The lowest BCUT2D eigenvalue weighted by molar-refractivity contribution is 0.104. The van der Waals surface area contributed by atoms with E-state index < -0.39 is 0 Å². The molecule has 2 atom stereocenters. The van der Waals surface area contributed by atoms with Crippen molar-refractivity contribution in [1.82, 2.24) is 15.2 Å². The summed E-state index contributed by atoms with van der Waals surface area (Å²) in [6.45, 7) is 12.4. The molecule has 1 aliphatic rings. The lowest BCUT2D eigenvalue weighted by Gasteiger charge is -2.41. The van der Waals surface area contributed by atoms with Gasteiger partial charge in [0.15, 0.2) is 0 Å². The first kappa shape index (κ1) is 14.0. The van der Waals surface area contributed by atoms with Crippen LogP contribution in [0.2, 0.25) is 0 Å². The highest BCUT2D eigenvalue weighted by molar-refractivity contribution is 7.09. The Balaban J connectivity index is 1.92. The number of hydrogen-bond donors (Lipinski definition) is 1. The minimum Gasteiger partial charge on any atom is -0.311 e. The van der Waals surface area contributed by atoms with Crippen molar-refractivity contribution < 1.29 is 0 Å². The van der Waals surface area contributed by atoms with E-state index >= 15 is 0 Å². The lowest BCUT2D eigenvalue weighted by Crippen LogP contribution is -2.57. The molecule has 0 amide bonds. The summed E-state index contributed by atoms with van der Waals surface area (Å²) >= 11 is 1.76. The molecule has 2 unspecified atom stereocenters. The molecule has 0 saturated carbocycles. The summed E-state index contributed by atoms with van der Waals surface area (Å²) in [6.07, 6.45) is 1.08. The van der Waals surface area contributed by atoms with Gasteiger partial charge in [0.2, 0.25) is 0 Å². The van der Waals surface area contributed by atoms with Crippen molar-refractivity contribution in [3.63, 3.8) is 0 Å². The van der Waals surface area contributed by atoms with Gasteiger partial charge in [-0.05, 0) is 19.8 Å². The number of piperazine rings is 1. The standard InChI is InChI=1S/C14H25N3S/c1-10(2)14-7-15-11(3)8-17(14)6-5-13-9-18-12(4)16-13/h9-11,14-15H,5-8H2,1-4H3. The average molecular weight is 267 g/mol. The van der Waals surface area contributed by atoms with Crippen LogP contribution in [-0.2, 0) is 6.42 Å². The summed E-state index contributed by atoms with van der Waals surface area (Å²) in [5, 5.41) is 6.97. The second kappa shape index (κ2) is 6.13. The van der Waals surface area contributed by atoms with E-state index in [0.29, 0.717) is 18.0 Å². The zero-order valence-electron chi connectivity index (χ0n) is 11.9. The molecule has 1 aromatic heterocycles. The Hall–Kier alpha value is -0.450. The van der Waals surface area contributed by atoms with Crippen molar-refractivity contribution >= 4 is 11.3 Å². The van der Waals surface area contributed by atoms with Gasteiger partial charge in [0.05, 0.1) is 10.7 Å². The number of nitrogens with zero attached hydrogens (tertiary/aromatic N) is 2. The van der Waals surface area contributed by atoms with Gasteiger partial charge >= 0.3 is 0 Å². The summed E-state index contributed by atoms with van der Waals surface area (Å²) < 4.78 is 0. The number of aryl methyl sites for hydroxylation is 1. The van der Waals surface area contributed by atoms with Gasteiger partial charge in [0.25, 0.3) is 0 Å². The second-order valence-corrected chi connectivity index (χ2v) is 6.79. The van der Waals surface area contributed by atoms with Gasteiger partial charge in [-0.1, -0.05) is 13.8 Å². The first-order chi connectivity index (χ1) is 8.56. The van der Waals surface area contributed by atoms with E-state index in [2.05, 4.69) is 48.3 Å². The molecule has 4 heteroatoms. The Morgan fingerprint density at radius 1 is 1.56 bits per heavy atom. The molecule has 0 aromatic carbocycles. The van der Waals surface area contributed by atoms with Gasteiger partial charge in [0, 0.05) is 43.5 Å². The largest absolute Gasteiger partial charge is 0.311 e. The quantitative estimate of drug-likeness (QED) is 0.907. The van der Waals surface area contributed by atoms with E-state index in [1.165, 1.54) is 10.7 Å². The Kier molecular flexibility index (Phi) is 4.76. The first-order valence-electron chi connectivity index (χ1n) is 6.94. The van der Waals surface area contributed by atoms with Crippen LogP contribution in [0.1, 0.15) is 31.5 Å². The van der Waals surface area contributed by atoms with Crippen LogP contribution in [0, 0.1) is 12.8 Å². The zero-order valence-corrected chi connectivity index (χ0v) is 12.8. The van der Waals surface area contributed by atoms with Crippen LogP contribution in [0.15, 0.2) is 5.38 Å². The third-order valence-corrected chi connectivity index (χ3v) is 4.57. The van der Waals surface area contributed by atoms with Crippen molar-refractivity contribution in [3.05, 3.63) is 16.1 Å². The minimum atomic E-state index is 0.608. The third-order valence-electron chi connectivity index (χ3n) is 3.74. The highest BCUT2D eigenvalue weighted by Gasteiger charge is 2.27. The highest BCUT2D eigenvalue weighted by atomic mass is 32.1. The molecule has 0 bridgehead atoms. The molecular weight excluding hydrogens is 242 g/mol. The molecule has 102 valence electrons. The lowest BCUT2D eigenvalue weighted by atomic mass is 9.98. The van der Waals surface area contributed by atoms with E-state index in [-0.39, 0.29) is 0 Å². The summed E-state index contributed by atoms with van der Waals surface area (Å²) in [7, 11) is 0. The van der Waals surface area contributed by atoms with Crippen LogP contribution < -0.4 is 5.32 Å². The van der Waals surface area contributed by atoms with Crippen LogP contribution in [0.4, 0.5) is 0 Å². The van der Waals surface area contributed by atoms with E-state index in [1.807, 2.05) is 0 Å².